The Labute approximate surface area is 136 Å². The molecular formula is C21H30O. The van der Waals surface area contributed by atoms with Gasteiger partial charge in [0, 0.05) is 0 Å². The van der Waals surface area contributed by atoms with Crippen LogP contribution in [0.15, 0.2) is 58.2 Å². The van der Waals surface area contributed by atoms with Gasteiger partial charge in [0.25, 0.3) is 0 Å². The lowest BCUT2D eigenvalue weighted by Gasteiger charge is -2.33. The Morgan fingerprint density at radius 3 is 2.27 bits per heavy atom. The topological polar surface area (TPSA) is 17.1 Å². The normalized spacial score (nSPS) is 20.7. The molecule has 0 spiro atoms. The Balaban J connectivity index is 2.94. The lowest BCUT2D eigenvalue weighted by molar-refractivity contribution is -0.104. The van der Waals surface area contributed by atoms with E-state index in [0.29, 0.717) is 0 Å². The van der Waals surface area contributed by atoms with Gasteiger partial charge in [-0.1, -0.05) is 43.7 Å². The molecule has 0 amide bonds. The van der Waals surface area contributed by atoms with Crippen LogP contribution >= 0.6 is 0 Å². The zero-order valence-electron chi connectivity index (χ0n) is 15.0. The van der Waals surface area contributed by atoms with Crippen LogP contribution in [0.25, 0.3) is 0 Å². The van der Waals surface area contributed by atoms with Gasteiger partial charge in [-0.3, -0.25) is 4.79 Å². The number of carbonyl (C=O) groups is 1. The van der Waals surface area contributed by atoms with Gasteiger partial charge in [-0.05, 0) is 80.7 Å². The summed E-state index contributed by atoms with van der Waals surface area (Å²) in [4.78, 5) is 10.4. The molecule has 22 heavy (non-hydrogen) atoms. The summed E-state index contributed by atoms with van der Waals surface area (Å²) in [6, 6.07) is 0. The molecule has 1 nitrogen and oxygen atoms in total. The number of rotatable bonds is 5. The van der Waals surface area contributed by atoms with E-state index in [4.69, 9.17) is 0 Å². The molecule has 0 N–H and O–H groups in total. The first-order valence-corrected chi connectivity index (χ1v) is 8.14. The molecule has 0 heterocycles. The molecule has 0 aromatic heterocycles. The maximum Gasteiger partial charge on any atom is 0.143 e. The molecule has 0 radical (unpaired) electrons. The van der Waals surface area contributed by atoms with Crippen molar-refractivity contribution in [3.8, 4) is 0 Å². The van der Waals surface area contributed by atoms with Crippen LogP contribution in [-0.4, -0.2) is 6.29 Å². The van der Waals surface area contributed by atoms with Gasteiger partial charge < -0.3 is 0 Å². The van der Waals surface area contributed by atoms with Gasteiger partial charge in [-0.2, -0.15) is 0 Å². The highest BCUT2D eigenvalue weighted by atomic mass is 16.1. The second-order valence-corrected chi connectivity index (χ2v) is 7.01. The molecule has 1 heteroatoms. The first-order valence-electron chi connectivity index (χ1n) is 8.14. The molecule has 0 bridgehead atoms. The van der Waals surface area contributed by atoms with E-state index in [2.05, 4.69) is 52.8 Å². The molecule has 1 aliphatic rings. The summed E-state index contributed by atoms with van der Waals surface area (Å²) in [5.41, 5.74) is 6.76. The molecule has 1 aliphatic carbocycles. The minimum atomic E-state index is 0.284. The largest absolute Gasteiger partial charge is 0.299 e. The summed E-state index contributed by atoms with van der Waals surface area (Å²) in [6.45, 7) is 13.1. The van der Waals surface area contributed by atoms with Crippen molar-refractivity contribution in [2.45, 2.75) is 60.8 Å². The third-order valence-corrected chi connectivity index (χ3v) is 4.59. The Kier molecular flexibility index (Phi) is 6.80. The van der Waals surface area contributed by atoms with Crippen LogP contribution in [0.2, 0.25) is 0 Å². The zero-order valence-corrected chi connectivity index (χ0v) is 15.0. The van der Waals surface area contributed by atoms with Gasteiger partial charge in [0.15, 0.2) is 0 Å². The maximum atomic E-state index is 10.4. The first-order chi connectivity index (χ1) is 10.3. The van der Waals surface area contributed by atoms with Crippen molar-refractivity contribution in [1.82, 2.24) is 0 Å². The van der Waals surface area contributed by atoms with Crippen LogP contribution in [0, 0.1) is 5.41 Å². The number of hydrogen-bond acceptors (Lipinski definition) is 1. The van der Waals surface area contributed by atoms with Crippen LogP contribution in [0.3, 0.4) is 0 Å². The van der Waals surface area contributed by atoms with Crippen molar-refractivity contribution in [2.24, 2.45) is 5.41 Å². The van der Waals surface area contributed by atoms with Gasteiger partial charge in [-0.25, -0.2) is 0 Å². The van der Waals surface area contributed by atoms with E-state index >= 15 is 0 Å². The minimum Gasteiger partial charge on any atom is -0.299 e. The van der Waals surface area contributed by atoms with Crippen molar-refractivity contribution >= 4 is 6.29 Å². The van der Waals surface area contributed by atoms with Crippen LogP contribution in [0.4, 0.5) is 0 Å². The summed E-state index contributed by atoms with van der Waals surface area (Å²) in [5.74, 6) is 0. The molecule has 0 aromatic rings. The number of hydrogen-bond donors (Lipinski definition) is 0. The summed E-state index contributed by atoms with van der Waals surface area (Å²) in [7, 11) is 0. The summed E-state index contributed by atoms with van der Waals surface area (Å²) < 4.78 is 0. The number of allylic oxidation sites excluding steroid dienone is 10. The van der Waals surface area contributed by atoms with Crippen molar-refractivity contribution in [3.05, 3.63) is 58.2 Å². The lowest BCUT2D eigenvalue weighted by atomic mass is 9.72. The van der Waals surface area contributed by atoms with Gasteiger partial charge in [0.2, 0.25) is 0 Å². The molecule has 0 unspecified atom stereocenters. The first kappa shape index (κ1) is 18.4. The van der Waals surface area contributed by atoms with E-state index in [9.17, 15) is 4.79 Å². The third kappa shape index (κ3) is 5.29. The van der Waals surface area contributed by atoms with Crippen molar-refractivity contribution in [2.75, 3.05) is 0 Å². The van der Waals surface area contributed by atoms with E-state index in [-0.39, 0.29) is 5.41 Å². The van der Waals surface area contributed by atoms with Crippen LogP contribution in [-0.2, 0) is 4.79 Å². The van der Waals surface area contributed by atoms with Crippen LogP contribution in [0.1, 0.15) is 60.8 Å². The molecule has 0 fully saturated rings. The number of carbonyl (C=O) groups excluding carboxylic acids is 1. The second-order valence-electron chi connectivity index (χ2n) is 7.01. The van der Waals surface area contributed by atoms with E-state index in [0.717, 1.165) is 11.9 Å². The Hall–Kier alpha value is -1.63. The molecule has 0 aromatic carbocycles. The lowest BCUT2D eigenvalue weighted by Crippen LogP contribution is -2.19. The van der Waals surface area contributed by atoms with E-state index < -0.39 is 0 Å². The van der Waals surface area contributed by atoms with E-state index in [1.54, 1.807) is 6.08 Å². The monoisotopic (exact) mass is 298 g/mol. The average Bonchev–Trinajstić information content (AvgIpc) is 2.43. The molecule has 1 rings (SSSR count). The minimum absolute atomic E-state index is 0.284. The Bertz CT molecular complexity index is 563. The predicted octanol–water partition coefficient (Wildman–Crippen LogP) is 6.11. The molecule has 0 atom stereocenters. The van der Waals surface area contributed by atoms with Gasteiger partial charge in [-0.15, -0.1) is 0 Å². The highest BCUT2D eigenvalue weighted by Gasteiger charge is 2.26. The summed E-state index contributed by atoms with van der Waals surface area (Å²) in [6.07, 6.45) is 14.8. The Morgan fingerprint density at radius 2 is 1.68 bits per heavy atom. The third-order valence-electron chi connectivity index (χ3n) is 4.59. The SMILES string of the molecule is CC1=C(/C=C/C(C)=C(C)/C=C\C(C)=C\C=O)C(C)(C)CCC1. The second kappa shape index (κ2) is 8.12. The smallest absolute Gasteiger partial charge is 0.143 e. The molecule has 0 saturated heterocycles. The van der Waals surface area contributed by atoms with Gasteiger partial charge >= 0.3 is 0 Å². The van der Waals surface area contributed by atoms with E-state index in [1.165, 1.54) is 41.6 Å². The van der Waals surface area contributed by atoms with E-state index in [1.807, 2.05) is 13.0 Å². The molecular weight excluding hydrogens is 268 g/mol. The van der Waals surface area contributed by atoms with Crippen molar-refractivity contribution in [1.29, 1.82) is 0 Å². The highest BCUT2D eigenvalue weighted by molar-refractivity contribution is 5.67. The van der Waals surface area contributed by atoms with Crippen molar-refractivity contribution in [3.63, 3.8) is 0 Å². The number of aldehydes is 1. The van der Waals surface area contributed by atoms with Crippen molar-refractivity contribution < 1.29 is 4.79 Å². The Morgan fingerprint density at radius 1 is 1.05 bits per heavy atom. The average molecular weight is 298 g/mol. The van der Waals surface area contributed by atoms with Crippen LogP contribution in [0.5, 0.6) is 0 Å². The molecule has 120 valence electrons. The quantitative estimate of drug-likeness (QED) is 0.340. The summed E-state index contributed by atoms with van der Waals surface area (Å²) >= 11 is 0. The standard InChI is InChI=1S/C21H30O/c1-16(13-15-22)9-10-17(2)18(3)11-12-20-19(4)8-7-14-21(20,5)6/h9-13,15H,7-8,14H2,1-6H3/b10-9-,12-11+,16-13+,18-17+. The fourth-order valence-electron chi connectivity index (χ4n) is 2.90. The highest BCUT2D eigenvalue weighted by Crippen LogP contribution is 2.40. The molecule has 0 aliphatic heterocycles. The van der Waals surface area contributed by atoms with Gasteiger partial charge in [0.05, 0.1) is 0 Å². The van der Waals surface area contributed by atoms with Crippen LogP contribution < -0.4 is 0 Å². The van der Waals surface area contributed by atoms with Gasteiger partial charge in [0.1, 0.15) is 6.29 Å². The zero-order chi connectivity index (χ0) is 16.8. The fourth-order valence-corrected chi connectivity index (χ4v) is 2.90. The maximum absolute atomic E-state index is 10.4. The molecule has 0 saturated carbocycles. The summed E-state index contributed by atoms with van der Waals surface area (Å²) in [5, 5.41) is 0. The predicted molar refractivity (Wildman–Crippen MR) is 96.8 cm³/mol. The fraction of sp³-hybridized carbons (Fsp3) is 0.476.